The van der Waals surface area contributed by atoms with Gasteiger partial charge in [0, 0.05) is 62.7 Å². The number of fused-ring (bicyclic) bond motifs is 8. The van der Waals surface area contributed by atoms with Crippen LogP contribution < -0.4 is 9.47 Å². The van der Waals surface area contributed by atoms with Gasteiger partial charge in [0.25, 0.3) is 0 Å². The minimum absolute atomic E-state index is 0.108. The molecule has 106 heavy (non-hydrogen) atoms. The van der Waals surface area contributed by atoms with Crippen LogP contribution in [-0.2, 0) is 10.8 Å². The Hall–Kier alpha value is -10.8. The molecule has 0 aliphatic heterocycles. The summed E-state index contributed by atoms with van der Waals surface area (Å²) >= 11 is 6.68. The van der Waals surface area contributed by atoms with E-state index in [1.54, 1.807) is 57.5 Å². The SMILES string of the molecule is CCCCC(CC)COc1cc(/C=C2\C(=O)c3ccccc3C2=C(C#N)C#N)sc1-c1cc2c(s1)-c1cc3c(cc1C2(c1ccc(C)cc1)c1ccc(C)cc1)-c1sc(-c2sc(/C=C4\C(=O)c5ccccc5C4=C(C#N)C#N)cc2OCC(CC)CCCC)cc1C3(c1ccc(C)cc1)c1ccc(C)cc1. The Bertz CT molecular complexity index is 5200. The van der Waals surface area contributed by atoms with Crippen LogP contribution in [0.25, 0.3) is 63.7 Å². The summed E-state index contributed by atoms with van der Waals surface area (Å²) in [5.74, 6) is 1.63. The second-order valence-electron chi connectivity index (χ2n) is 28.6. The lowest BCUT2D eigenvalue weighted by atomic mass is 9.65. The van der Waals surface area contributed by atoms with E-state index in [0.29, 0.717) is 69.6 Å². The first-order valence-corrected chi connectivity index (χ1v) is 40.0. The van der Waals surface area contributed by atoms with Crippen molar-refractivity contribution in [2.24, 2.45) is 11.8 Å². The van der Waals surface area contributed by atoms with Crippen molar-refractivity contribution < 1.29 is 19.1 Å². The third-order valence-electron chi connectivity index (χ3n) is 22.0. The molecule has 0 fully saturated rings. The number of ketones is 2. The van der Waals surface area contributed by atoms with Crippen LogP contribution in [0, 0.1) is 84.9 Å². The van der Waals surface area contributed by atoms with Crippen LogP contribution in [-0.4, -0.2) is 24.8 Å². The number of Topliss-reactive ketones (excluding diaryl/α,β-unsaturated/α-hetero) is 2. The monoisotopic (exact) mass is 1450 g/mol. The molecule has 0 amide bonds. The number of nitrogens with zero attached hydrogens (tertiary/aromatic N) is 4. The number of carbonyl (C=O) groups excluding carboxylic acids is 2. The number of benzene rings is 7. The lowest BCUT2D eigenvalue weighted by molar-refractivity contribution is 0.103. The first kappa shape index (κ1) is 70.8. The summed E-state index contributed by atoms with van der Waals surface area (Å²) in [4.78, 5) is 36.9. The summed E-state index contributed by atoms with van der Waals surface area (Å²) < 4.78 is 14.3. The van der Waals surface area contributed by atoms with Crippen LogP contribution in [0.15, 0.2) is 204 Å². The van der Waals surface area contributed by atoms with Crippen LogP contribution in [0.1, 0.15) is 187 Å². The van der Waals surface area contributed by atoms with Crippen molar-refractivity contribution in [3.63, 3.8) is 0 Å². The van der Waals surface area contributed by atoms with Gasteiger partial charge in [-0.3, -0.25) is 9.59 Å². The number of hydrogen-bond donors (Lipinski definition) is 0. The van der Waals surface area contributed by atoms with Gasteiger partial charge in [-0.2, -0.15) is 21.0 Å². The molecule has 11 aromatic rings. The summed E-state index contributed by atoms with van der Waals surface area (Å²) in [6.07, 6.45) is 12.1. The van der Waals surface area contributed by atoms with Crippen LogP contribution >= 0.6 is 45.3 Å². The quantitative estimate of drug-likeness (QED) is 0.0481. The second kappa shape index (κ2) is 29.3. The van der Waals surface area contributed by atoms with Crippen molar-refractivity contribution in [2.45, 2.75) is 118 Å². The largest absolute Gasteiger partial charge is 0.492 e. The van der Waals surface area contributed by atoms with Crippen molar-refractivity contribution in [1.82, 2.24) is 0 Å². The first-order valence-electron chi connectivity index (χ1n) is 36.8. The van der Waals surface area contributed by atoms with Crippen molar-refractivity contribution in [3.8, 4) is 76.2 Å². The molecule has 0 bridgehead atoms. The van der Waals surface area contributed by atoms with Crippen molar-refractivity contribution in [1.29, 1.82) is 21.0 Å². The van der Waals surface area contributed by atoms with E-state index in [4.69, 9.17) is 9.47 Å². The van der Waals surface area contributed by atoms with E-state index in [9.17, 15) is 30.6 Å². The fourth-order valence-electron chi connectivity index (χ4n) is 16.3. The van der Waals surface area contributed by atoms with Crippen molar-refractivity contribution >= 4 is 80.2 Å². The molecule has 7 aromatic carbocycles. The number of allylic oxidation sites excluding steroid dienone is 6. The number of carbonyl (C=O) groups is 2. The van der Waals surface area contributed by atoms with E-state index in [0.717, 1.165) is 169 Å². The van der Waals surface area contributed by atoms with E-state index in [-0.39, 0.29) is 22.7 Å². The van der Waals surface area contributed by atoms with E-state index in [2.05, 4.69) is 213 Å². The zero-order valence-corrected chi connectivity index (χ0v) is 64.0. The highest BCUT2D eigenvalue weighted by atomic mass is 32.1. The minimum atomic E-state index is -0.856. The fraction of sp³-hybridized carbons (Fsp3) is 0.234. The predicted molar refractivity (Wildman–Crippen MR) is 434 cm³/mol. The van der Waals surface area contributed by atoms with Crippen LogP contribution in [0.2, 0.25) is 0 Å². The predicted octanol–water partition coefficient (Wildman–Crippen LogP) is 24.6. The van der Waals surface area contributed by atoms with Gasteiger partial charge in [-0.05, 0) is 168 Å². The standard InChI is InChI=1S/C94H78N4O4S4/c1-9-13-19-59(11-3)53-101-81-43-67(41-75-85(61(49-95)50-96)69-21-15-17-23-71(69)87(75)99)103-91(81)83-47-79-89(105-83)73-45-78-74(46-77(73)93(79,63-33-25-55(5)26-34-63)64-35-27-56(6)28-36-64)90-80(94(78,65-37-29-57(7)30-38-65)66-39-31-58(8)32-40-66)48-84(106-90)92-82(102-54-60(12-4)20-14-10-2)44-68(104-92)42-76-86(62(51-97)52-98)70-22-16-18-24-72(70)88(76)100/h15-18,21-48,59-60H,9-14,19-20,53-54H2,1-8H3/b75-41-,76-42-. The molecule has 0 spiro atoms. The smallest absolute Gasteiger partial charge is 0.194 e. The number of thiophene rings is 4. The summed E-state index contributed by atoms with van der Waals surface area (Å²) in [6, 6.07) is 73.3. The summed E-state index contributed by atoms with van der Waals surface area (Å²) in [5.41, 5.74) is 17.5. The molecule has 8 nitrogen and oxygen atoms in total. The Morgan fingerprint density at radius 3 is 1.05 bits per heavy atom. The molecule has 0 N–H and O–H groups in total. The van der Waals surface area contributed by atoms with Crippen molar-refractivity contribution in [2.75, 3.05) is 13.2 Å². The maximum absolute atomic E-state index is 14.6. The number of aryl methyl sites for hydroxylation is 4. The Balaban J connectivity index is 0.988. The molecule has 15 rings (SSSR count). The number of nitriles is 4. The fourth-order valence-corrected chi connectivity index (χ4v) is 21.1. The minimum Gasteiger partial charge on any atom is -0.492 e. The number of ether oxygens (including phenoxy) is 2. The van der Waals surface area contributed by atoms with Gasteiger partial charge in [0.2, 0.25) is 0 Å². The van der Waals surface area contributed by atoms with E-state index in [1.165, 1.54) is 11.1 Å². The number of rotatable bonds is 22. The molecular weight excluding hydrogens is 1380 g/mol. The average Bonchev–Trinajstić information content (AvgIpc) is 1.50. The third-order valence-corrected chi connectivity index (χ3v) is 26.8. The van der Waals surface area contributed by atoms with Gasteiger partial charge in [-0.25, -0.2) is 0 Å². The van der Waals surface area contributed by atoms with Gasteiger partial charge in [0.05, 0.1) is 33.8 Å². The Morgan fingerprint density at radius 1 is 0.406 bits per heavy atom. The van der Waals surface area contributed by atoms with E-state index >= 15 is 0 Å². The lowest BCUT2D eigenvalue weighted by Gasteiger charge is -2.35. The van der Waals surface area contributed by atoms with E-state index < -0.39 is 10.8 Å². The third kappa shape index (κ3) is 12.0. The molecule has 4 aromatic heterocycles. The summed E-state index contributed by atoms with van der Waals surface area (Å²) in [5, 5.41) is 41.6. The summed E-state index contributed by atoms with van der Waals surface area (Å²) in [7, 11) is 0. The Kier molecular flexibility index (Phi) is 19.6. The first-order chi connectivity index (χ1) is 51.6. The van der Waals surface area contributed by atoms with Gasteiger partial charge >= 0.3 is 0 Å². The molecule has 0 saturated heterocycles. The van der Waals surface area contributed by atoms with Gasteiger partial charge in [0.15, 0.2) is 11.6 Å². The molecule has 4 aliphatic rings. The van der Waals surface area contributed by atoms with Crippen LogP contribution in [0.4, 0.5) is 0 Å². The van der Waals surface area contributed by atoms with E-state index in [1.807, 2.05) is 48.6 Å². The number of hydrogen-bond acceptors (Lipinski definition) is 12. The lowest BCUT2D eigenvalue weighted by Crippen LogP contribution is -2.30. The molecule has 0 radical (unpaired) electrons. The van der Waals surface area contributed by atoms with Crippen molar-refractivity contribution in [3.05, 3.63) is 303 Å². The summed E-state index contributed by atoms with van der Waals surface area (Å²) in [6.45, 7) is 18.5. The van der Waals surface area contributed by atoms with Gasteiger partial charge in [0.1, 0.15) is 46.9 Å². The topological polar surface area (TPSA) is 148 Å². The Labute approximate surface area is 637 Å². The molecular formula is C94H78N4O4S4. The highest BCUT2D eigenvalue weighted by molar-refractivity contribution is 7.25. The van der Waals surface area contributed by atoms with Crippen LogP contribution in [0.5, 0.6) is 11.5 Å². The second-order valence-corrected chi connectivity index (χ2v) is 32.8. The molecule has 12 heteroatoms. The highest BCUT2D eigenvalue weighted by Gasteiger charge is 2.53. The number of unbranched alkanes of at least 4 members (excludes halogenated alkanes) is 2. The molecule has 522 valence electrons. The van der Waals surface area contributed by atoms with Gasteiger partial charge < -0.3 is 9.47 Å². The highest BCUT2D eigenvalue weighted by Crippen LogP contribution is 2.67. The zero-order chi connectivity index (χ0) is 73.7. The average molecular weight is 1460 g/mol. The maximum atomic E-state index is 14.6. The molecule has 2 unspecified atom stereocenters. The molecule has 0 saturated carbocycles. The van der Waals surface area contributed by atoms with Crippen LogP contribution in [0.3, 0.4) is 0 Å². The molecule has 4 aliphatic carbocycles. The zero-order valence-electron chi connectivity index (χ0n) is 60.8. The Morgan fingerprint density at radius 2 is 0.736 bits per heavy atom. The van der Waals surface area contributed by atoms with Gasteiger partial charge in [-0.15, -0.1) is 45.3 Å². The molecule has 2 atom stereocenters. The van der Waals surface area contributed by atoms with Gasteiger partial charge in [-0.1, -0.05) is 234 Å². The normalized spacial score (nSPS) is 15.2. The molecule has 4 heterocycles. The maximum Gasteiger partial charge on any atom is 0.194 e.